The molecule has 0 aromatic heterocycles. The second-order valence-electron chi connectivity index (χ2n) is 4.35. The van der Waals surface area contributed by atoms with E-state index in [0.29, 0.717) is 6.61 Å². The molecule has 0 N–H and O–H groups in total. The molecule has 0 heterocycles. The van der Waals surface area contributed by atoms with Crippen molar-refractivity contribution in [2.75, 3.05) is 6.61 Å². The number of ether oxygens (including phenoxy) is 1. The van der Waals surface area contributed by atoms with Gasteiger partial charge in [0.15, 0.2) is 0 Å². The van der Waals surface area contributed by atoms with Crippen LogP contribution in [-0.4, -0.2) is 12.6 Å². The Morgan fingerprint density at radius 1 is 1.00 bits per heavy atom. The summed E-state index contributed by atoms with van der Waals surface area (Å²) in [6, 6.07) is 0. The fourth-order valence-electron chi connectivity index (χ4n) is 1.43. The number of esters is 1. The third kappa shape index (κ3) is 6.65. The first-order valence-corrected chi connectivity index (χ1v) is 6.46. The summed E-state index contributed by atoms with van der Waals surface area (Å²) < 4.78 is 5.21. The number of hydrogen-bond acceptors (Lipinski definition) is 2. The molecule has 0 spiro atoms. The maximum atomic E-state index is 11.6. The lowest BCUT2D eigenvalue weighted by atomic mass is 10.1. The second-order valence-corrected chi connectivity index (χ2v) is 4.35. The van der Waals surface area contributed by atoms with E-state index in [1.165, 1.54) is 5.57 Å². The van der Waals surface area contributed by atoms with Crippen LogP contribution >= 0.6 is 0 Å². The Bertz CT molecular complexity index is 229. The van der Waals surface area contributed by atoms with E-state index in [1.54, 1.807) is 0 Å². The van der Waals surface area contributed by atoms with Crippen LogP contribution in [0.4, 0.5) is 0 Å². The van der Waals surface area contributed by atoms with Gasteiger partial charge in [-0.15, -0.1) is 0 Å². The Kier molecular flexibility index (Phi) is 8.97. The maximum absolute atomic E-state index is 11.6. The number of carbonyl (C=O) groups is 1. The molecule has 0 radical (unpaired) electrons. The van der Waals surface area contributed by atoms with Crippen LogP contribution in [0.25, 0.3) is 0 Å². The van der Waals surface area contributed by atoms with E-state index in [4.69, 9.17) is 4.74 Å². The fourth-order valence-corrected chi connectivity index (χ4v) is 1.43. The highest BCUT2D eigenvalue weighted by molar-refractivity contribution is 5.88. The first-order chi connectivity index (χ1) is 7.63. The van der Waals surface area contributed by atoms with Crippen molar-refractivity contribution >= 4 is 5.97 Å². The average Bonchev–Trinajstić information content (AvgIpc) is 2.30. The summed E-state index contributed by atoms with van der Waals surface area (Å²) in [5, 5.41) is 0. The highest BCUT2D eigenvalue weighted by Gasteiger charge is 2.08. The summed E-state index contributed by atoms with van der Waals surface area (Å²) in [6.45, 7) is 8.75. The molecule has 16 heavy (non-hydrogen) atoms. The van der Waals surface area contributed by atoms with Gasteiger partial charge in [0, 0.05) is 5.57 Å². The molecule has 0 aromatic rings. The minimum absolute atomic E-state index is 0.135. The number of allylic oxidation sites excluding steroid dienone is 1. The van der Waals surface area contributed by atoms with Crippen LogP contribution in [-0.2, 0) is 9.53 Å². The zero-order valence-electron chi connectivity index (χ0n) is 11.3. The molecule has 0 saturated carbocycles. The van der Waals surface area contributed by atoms with Crippen LogP contribution in [0.3, 0.4) is 0 Å². The summed E-state index contributed by atoms with van der Waals surface area (Å²) >= 11 is 0. The van der Waals surface area contributed by atoms with E-state index in [2.05, 4.69) is 13.8 Å². The van der Waals surface area contributed by atoms with Gasteiger partial charge in [0.1, 0.15) is 0 Å². The van der Waals surface area contributed by atoms with Crippen LogP contribution in [0.2, 0.25) is 0 Å². The molecule has 0 aromatic carbocycles. The molecule has 0 saturated heterocycles. The smallest absolute Gasteiger partial charge is 0.333 e. The third-order valence-corrected chi connectivity index (χ3v) is 2.83. The number of unbranched alkanes of at least 4 members (excludes halogenated alkanes) is 3. The van der Waals surface area contributed by atoms with Crippen molar-refractivity contribution in [1.29, 1.82) is 0 Å². The van der Waals surface area contributed by atoms with Crippen LogP contribution in [0.1, 0.15) is 66.2 Å². The van der Waals surface area contributed by atoms with E-state index >= 15 is 0 Å². The van der Waals surface area contributed by atoms with Crippen molar-refractivity contribution in [2.24, 2.45) is 0 Å². The van der Waals surface area contributed by atoms with Gasteiger partial charge >= 0.3 is 5.97 Å². The molecule has 2 heteroatoms. The summed E-state index contributed by atoms with van der Waals surface area (Å²) in [7, 11) is 0. The van der Waals surface area contributed by atoms with Crippen LogP contribution in [0.5, 0.6) is 0 Å². The molecule has 0 amide bonds. The topological polar surface area (TPSA) is 26.3 Å². The van der Waals surface area contributed by atoms with Gasteiger partial charge in [-0.25, -0.2) is 4.79 Å². The van der Waals surface area contributed by atoms with Gasteiger partial charge in [-0.3, -0.25) is 0 Å². The standard InChI is InChI=1S/C14H26O2/c1-5-7-9-11-16-14(15)13(4)12(3)10-8-6-2/h5-11H2,1-4H3. The Balaban J connectivity index is 3.95. The molecule has 0 aliphatic carbocycles. The molecule has 0 atom stereocenters. The van der Waals surface area contributed by atoms with E-state index in [-0.39, 0.29) is 5.97 Å². The normalized spacial score (nSPS) is 12.2. The van der Waals surface area contributed by atoms with E-state index in [1.807, 2.05) is 13.8 Å². The third-order valence-electron chi connectivity index (χ3n) is 2.83. The molecule has 0 bridgehead atoms. The predicted octanol–water partition coefficient (Wildman–Crippen LogP) is 4.25. The molecule has 94 valence electrons. The first kappa shape index (κ1) is 15.2. The van der Waals surface area contributed by atoms with Gasteiger partial charge in [0.25, 0.3) is 0 Å². The Morgan fingerprint density at radius 2 is 1.62 bits per heavy atom. The Labute approximate surface area is 100 Å². The van der Waals surface area contributed by atoms with E-state index in [0.717, 1.165) is 44.1 Å². The lowest BCUT2D eigenvalue weighted by Gasteiger charge is -2.08. The Hall–Kier alpha value is -0.790. The van der Waals surface area contributed by atoms with Gasteiger partial charge in [-0.1, -0.05) is 38.7 Å². The first-order valence-electron chi connectivity index (χ1n) is 6.46. The number of carbonyl (C=O) groups excluding carboxylic acids is 1. The van der Waals surface area contributed by atoms with Crippen LogP contribution < -0.4 is 0 Å². The van der Waals surface area contributed by atoms with Crippen molar-refractivity contribution in [3.8, 4) is 0 Å². The molecular weight excluding hydrogens is 200 g/mol. The quantitative estimate of drug-likeness (QED) is 0.351. The number of rotatable bonds is 8. The van der Waals surface area contributed by atoms with Gasteiger partial charge in [-0.05, 0) is 33.1 Å². The van der Waals surface area contributed by atoms with Crippen molar-refractivity contribution in [2.45, 2.75) is 66.2 Å². The molecule has 0 aliphatic rings. The van der Waals surface area contributed by atoms with Crippen LogP contribution in [0, 0.1) is 0 Å². The Morgan fingerprint density at radius 3 is 2.19 bits per heavy atom. The molecule has 0 aliphatic heterocycles. The zero-order chi connectivity index (χ0) is 12.4. The lowest BCUT2D eigenvalue weighted by Crippen LogP contribution is -2.08. The van der Waals surface area contributed by atoms with Gasteiger partial charge in [0.05, 0.1) is 6.61 Å². The van der Waals surface area contributed by atoms with Crippen molar-refractivity contribution < 1.29 is 9.53 Å². The zero-order valence-corrected chi connectivity index (χ0v) is 11.3. The van der Waals surface area contributed by atoms with Crippen LogP contribution in [0.15, 0.2) is 11.1 Å². The molecular formula is C14H26O2. The predicted molar refractivity (Wildman–Crippen MR) is 68.4 cm³/mol. The summed E-state index contributed by atoms with van der Waals surface area (Å²) in [5.74, 6) is -0.135. The largest absolute Gasteiger partial charge is 0.462 e. The van der Waals surface area contributed by atoms with Crippen molar-refractivity contribution in [3.05, 3.63) is 11.1 Å². The molecule has 0 unspecified atom stereocenters. The highest BCUT2D eigenvalue weighted by atomic mass is 16.5. The lowest BCUT2D eigenvalue weighted by molar-refractivity contribution is -0.139. The highest BCUT2D eigenvalue weighted by Crippen LogP contribution is 2.13. The van der Waals surface area contributed by atoms with E-state index < -0.39 is 0 Å². The minimum Gasteiger partial charge on any atom is -0.462 e. The summed E-state index contributed by atoms with van der Waals surface area (Å²) in [4.78, 5) is 11.6. The second kappa shape index (κ2) is 9.44. The molecule has 0 rings (SSSR count). The SMILES string of the molecule is CCCCCOC(=O)C(C)=C(C)CCCC. The monoisotopic (exact) mass is 226 g/mol. The van der Waals surface area contributed by atoms with Gasteiger partial charge in [-0.2, -0.15) is 0 Å². The summed E-state index contributed by atoms with van der Waals surface area (Å²) in [6.07, 6.45) is 6.57. The van der Waals surface area contributed by atoms with Gasteiger partial charge in [0.2, 0.25) is 0 Å². The number of hydrogen-bond donors (Lipinski definition) is 0. The van der Waals surface area contributed by atoms with E-state index in [9.17, 15) is 4.79 Å². The molecule has 0 fully saturated rings. The minimum atomic E-state index is -0.135. The molecule has 2 nitrogen and oxygen atoms in total. The fraction of sp³-hybridized carbons (Fsp3) is 0.786. The average molecular weight is 226 g/mol. The maximum Gasteiger partial charge on any atom is 0.333 e. The van der Waals surface area contributed by atoms with Gasteiger partial charge < -0.3 is 4.74 Å². The van der Waals surface area contributed by atoms with Crippen molar-refractivity contribution in [1.82, 2.24) is 0 Å². The van der Waals surface area contributed by atoms with Crippen molar-refractivity contribution in [3.63, 3.8) is 0 Å². The summed E-state index contributed by atoms with van der Waals surface area (Å²) in [5.41, 5.74) is 1.97.